The molecule has 0 unspecified atom stereocenters. The summed E-state index contributed by atoms with van der Waals surface area (Å²) in [7, 11) is 0. The van der Waals surface area contributed by atoms with Crippen LogP contribution in [0.5, 0.6) is 0 Å². The van der Waals surface area contributed by atoms with Crippen LogP contribution in [0.25, 0.3) is 11.8 Å². The molecule has 1 aromatic heterocycles. The van der Waals surface area contributed by atoms with Crippen molar-refractivity contribution in [2.24, 2.45) is 10.1 Å². The number of fused-ring (bicyclic) bond motifs is 1. The summed E-state index contributed by atoms with van der Waals surface area (Å²) in [5.74, 6) is -0.302. The van der Waals surface area contributed by atoms with Gasteiger partial charge in [0, 0.05) is 11.4 Å². The monoisotopic (exact) mass is 419 g/mol. The van der Waals surface area contributed by atoms with E-state index in [9.17, 15) is 4.79 Å². The minimum Gasteiger partial charge on any atom is -0.317 e. The maximum Gasteiger partial charge on any atom is 0.283 e. The van der Waals surface area contributed by atoms with Crippen LogP contribution in [0.4, 0.5) is 0 Å². The molecule has 1 amide bonds. The zero-order valence-corrected chi connectivity index (χ0v) is 18.7. The topological polar surface area (TPSA) is 73.8 Å². The van der Waals surface area contributed by atoms with E-state index in [0.29, 0.717) is 5.17 Å². The van der Waals surface area contributed by atoms with Crippen molar-refractivity contribution >= 4 is 39.8 Å². The Morgan fingerprint density at radius 2 is 1.87 bits per heavy atom. The van der Waals surface area contributed by atoms with E-state index in [0.717, 1.165) is 40.5 Å². The Bertz CT molecular complexity index is 1150. The van der Waals surface area contributed by atoms with Gasteiger partial charge >= 0.3 is 0 Å². The van der Waals surface area contributed by atoms with Gasteiger partial charge in [-0.3, -0.25) is 10.2 Å². The average Bonchev–Trinajstić information content (AvgIpc) is 3.20. The van der Waals surface area contributed by atoms with E-state index in [1.165, 1.54) is 27.9 Å². The number of thioether (sulfide) groups is 1. The number of amides is 1. The van der Waals surface area contributed by atoms with Crippen molar-refractivity contribution in [1.29, 1.82) is 5.41 Å². The molecule has 0 saturated heterocycles. The van der Waals surface area contributed by atoms with Gasteiger partial charge < -0.3 is 4.57 Å². The number of benzene rings is 1. The van der Waals surface area contributed by atoms with E-state index in [1.54, 1.807) is 6.08 Å². The van der Waals surface area contributed by atoms with Crippen LogP contribution in [-0.4, -0.2) is 31.5 Å². The lowest BCUT2D eigenvalue weighted by atomic mass is 10.1. The Morgan fingerprint density at radius 3 is 2.53 bits per heavy atom. The van der Waals surface area contributed by atoms with Crippen molar-refractivity contribution in [2.45, 2.75) is 47.5 Å². The fourth-order valence-electron chi connectivity index (χ4n) is 3.94. The molecule has 0 radical (unpaired) electrons. The first-order valence-electron chi connectivity index (χ1n) is 10.1. The van der Waals surface area contributed by atoms with Crippen molar-refractivity contribution < 1.29 is 4.79 Å². The molecule has 2 aliphatic heterocycles. The van der Waals surface area contributed by atoms with Gasteiger partial charge in [0.25, 0.3) is 5.91 Å². The molecule has 30 heavy (non-hydrogen) atoms. The number of carbonyl (C=O) groups is 1. The first kappa shape index (κ1) is 20.3. The SMILES string of the molecule is CCCC1=NN2C(=N)C(=Cc3cc(C)n(-c4c(C)cccc4C)c3C)C(=O)N=C2S1. The maximum atomic E-state index is 12.7. The summed E-state index contributed by atoms with van der Waals surface area (Å²) < 4.78 is 2.21. The molecule has 0 spiro atoms. The van der Waals surface area contributed by atoms with Crippen LogP contribution in [-0.2, 0) is 4.79 Å². The molecule has 0 bridgehead atoms. The number of hydrazone groups is 1. The molecular formula is C23H25N5OS. The lowest BCUT2D eigenvalue weighted by Crippen LogP contribution is -2.35. The minimum atomic E-state index is -0.386. The number of amidine groups is 2. The Balaban J connectivity index is 1.77. The smallest absolute Gasteiger partial charge is 0.283 e. The number of nitrogens with one attached hydrogen (secondary N) is 1. The fourth-order valence-corrected chi connectivity index (χ4v) is 4.92. The van der Waals surface area contributed by atoms with E-state index in [4.69, 9.17) is 5.41 Å². The minimum absolute atomic E-state index is 0.0838. The van der Waals surface area contributed by atoms with Gasteiger partial charge in [0.2, 0.25) is 5.17 Å². The molecule has 0 saturated carbocycles. The molecule has 154 valence electrons. The highest BCUT2D eigenvalue weighted by atomic mass is 32.2. The zero-order valence-electron chi connectivity index (χ0n) is 17.9. The van der Waals surface area contributed by atoms with Gasteiger partial charge in [0.05, 0.1) is 11.3 Å². The van der Waals surface area contributed by atoms with Crippen LogP contribution in [0, 0.1) is 33.1 Å². The Kier molecular flexibility index (Phi) is 5.24. The van der Waals surface area contributed by atoms with Crippen LogP contribution in [0.15, 0.2) is 39.9 Å². The molecule has 0 fully saturated rings. The summed E-state index contributed by atoms with van der Waals surface area (Å²) in [4.78, 5) is 16.9. The summed E-state index contributed by atoms with van der Waals surface area (Å²) in [6.07, 6.45) is 3.55. The third-order valence-electron chi connectivity index (χ3n) is 5.39. The summed E-state index contributed by atoms with van der Waals surface area (Å²) in [5, 5.41) is 15.9. The number of carbonyl (C=O) groups excluding carboxylic acids is 1. The van der Waals surface area contributed by atoms with Crippen molar-refractivity contribution in [1.82, 2.24) is 9.58 Å². The molecule has 6 nitrogen and oxygen atoms in total. The largest absolute Gasteiger partial charge is 0.317 e. The van der Waals surface area contributed by atoms with Crippen molar-refractivity contribution in [3.63, 3.8) is 0 Å². The molecule has 1 aromatic carbocycles. The van der Waals surface area contributed by atoms with Gasteiger partial charge in [-0.25, -0.2) is 0 Å². The Labute approximate surface area is 180 Å². The number of rotatable bonds is 4. The highest BCUT2D eigenvalue weighted by Gasteiger charge is 2.35. The van der Waals surface area contributed by atoms with Gasteiger partial charge in [-0.1, -0.05) is 25.1 Å². The number of hydrogen-bond donors (Lipinski definition) is 1. The second-order valence-corrected chi connectivity index (χ2v) is 8.71. The summed E-state index contributed by atoms with van der Waals surface area (Å²) in [6, 6.07) is 8.32. The van der Waals surface area contributed by atoms with Crippen molar-refractivity contribution in [3.05, 3.63) is 57.9 Å². The van der Waals surface area contributed by atoms with Crippen LogP contribution in [0.2, 0.25) is 0 Å². The van der Waals surface area contributed by atoms with Gasteiger partial charge in [-0.05, 0) is 81.1 Å². The van der Waals surface area contributed by atoms with Crippen LogP contribution in [0.1, 0.15) is 47.8 Å². The van der Waals surface area contributed by atoms with E-state index >= 15 is 0 Å². The van der Waals surface area contributed by atoms with Gasteiger partial charge in [-0.2, -0.15) is 15.1 Å². The highest BCUT2D eigenvalue weighted by molar-refractivity contribution is 8.26. The van der Waals surface area contributed by atoms with Crippen LogP contribution >= 0.6 is 11.8 Å². The predicted molar refractivity (Wildman–Crippen MR) is 125 cm³/mol. The van der Waals surface area contributed by atoms with Crippen molar-refractivity contribution in [2.75, 3.05) is 0 Å². The van der Waals surface area contributed by atoms with Gasteiger partial charge in [0.15, 0.2) is 5.84 Å². The molecular weight excluding hydrogens is 394 g/mol. The molecule has 2 aromatic rings. The first-order valence-corrected chi connectivity index (χ1v) is 10.9. The summed E-state index contributed by atoms with van der Waals surface area (Å²) in [6.45, 7) is 10.4. The molecule has 0 aliphatic carbocycles. The van der Waals surface area contributed by atoms with E-state index in [2.05, 4.69) is 66.6 Å². The van der Waals surface area contributed by atoms with E-state index in [-0.39, 0.29) is 17.3 Å². The lowest BCUT2D eigenvalue weighted by molar-refractivity contribution is -0.114. The zero-order chi connectivity index (χ0) is 21.6. The number of aromatic nitrogens is 1. The molecule has 0 atom stereocenters. The standard InChI is InChI=1S/C23H25N5OS/c1-6-8-19-26-28-21(24)18(22(29)25-23(28)30-19)12-17-11-15(4)27(16(17)5)20-13(2)9-7-10-14(20)3/h7,9-12,24H,6,8H2,1-5H3. The Hall–Kier alpha value is -2.93. The molecule has 4 rings (SSSR count). The summed E-state index contributed by atoms with van der Waals surface area (Å²) in [5.41, 5.74) is 6.83. The van der Waals surface area contributed by atoms with Crippen LogP contribution in [0.3, 0.4) is 0 Å². The molecule has 3 heterocycles. The second-order valence-electron chi connectivity index (χ2n) is 7.67. The normalized spacial score (nSPS) is 17.5. The van der Waals surface area contributed by atoms with Crippen LogP contribution < -0.4 is 0 Å². The first-order chi connectivity index (χ1) is 14.3. The van der Waals surface area contributed by atoms with E-state index < -0.39 is 0 Å². The fraction of sp³-hybridized carbons (Fsp3) is 0.304. The Morgan fingerprint density at radius 1 is 1.17 bits per heavy atom. The predicted octanol–water partition coefficient (Wildman–Crippen LogP) is 5.13. The van der Waals surface area contributed by atoms with E-state index in [1.807, 2.05) is 6.92 Å². The number of aryl methyl sites for hydroxylation is 3. The quantitative estimate of drug-likeness (QED) is 0.698. The third-order valence-corrected chi connectivity index (χ3v) is 6.36. The van der Waals surface area contributed by atoms with Gasteiger partial charge in [-0.15, -0.1) is 0 Å². The molecule has 7 heteroatoms. The molecule has 2 aliphatic rings. The van der Waals surface area contributed by atoms with Gasteiger partial charge in [0.1, 0.15) is 5.04 Å². The average molecular weight is 420 g/mol. The number of aliphatic imine (C=N–C) groups is 1. The lowest BCUT2D eigenvalue weighted by Gasteiger charge is -2.20. The number of para-hydroxylation sites is 1. The number of nitrogens with zero attached hydrogens (tertiary/aromatic N) is 4. The number of hydrogen-bond acceptors (Lipinski definition) is 4. The highest BCUT2D eigenvalue weighted by Crippen LogP contribution is 2.31. The second kappa shape index (κ2) is 7.72. The van der Waals surface area contributed by atoms with Crippen molar-refractivity contribution in [3.8, 4) is 5.69 Å². The summed E-state index contributed by atoms with van der Waals surface area (Å²) >= 11 is 1.38. The molecule has 1 N–H and O–H groups in total. The maximum absolute atomic E-state index is 12.7. The third kappa shape index (κ3) is 3.33.